The van der Waals surface area contributed by atoms with E-state index in [1.807, 2.05) is 48.5 Å². The zero-order chi connectivity index (χ0) is 51.5. The second-order valence-corrected chi connectivity index (χ2v) is 19.3. The molecular formula is C50H61Br3N6O12. The molecule has 4 aliphatic rings. The summed E-state index contributed by atoms with van der Waals surface area (Å²) in [7, 11) is 12.9. The van der Waals surface area contributed by atoms with Crippen molar-refractivity contribution in [3.8, 4) is 46.0 Å². The summed E-state index contributed by atoms with van der Waals surface area (Å²) < 4.78 is 44.0. The van der Waals surface area contributed by atoms with Crippen LogP contribution in [-0.4, -0.2) is 133 Å². The molecule has 21 heteroatoms. The molecule has 8 rings (SSSR count). The van der Waals surface area contributed by atoms with Crippen LogP contribution in [0.4, 0.5) is 9.59 Å². The molecule has 4 aliphatic heterocycles. The number of carbonyl (C=O) groups excluding carboxylic acids is 4. The average molecular weight is 1180 g/mol. The van der Waals surface area contributed by atoms with Crippen LogP contribution in [0.5, 0.6) is 46.0 Å². The average Bonchev–Trinajstić information content (AvgIpc) is 3.79. The van der Waals surface area contributed by atoms with Gasteiger partial charge in [0, 0.05) is 68.9 Å². The minimum Gasteiger partial charge on any atom is -0.497 e. The van der Waals surface area contributed by atoms with Crippen molar-refractivity contribution >= 4 is 71.7 Å². The van der Waals surface area contributed by atoms with Gasteiger partial charge >= 0.3 is 12.1 Å². The number of ether oxygens (including phenoxy) is 8. The maximum Gasteiger partial charge on any atom is 0.325 e. The number of nitrogens with zero attached hydrogens (tertiary/aromatic N) is 3. The fraction of sp³-hybridized carbons (Fsp3) is 0.440. The standard InChI is InChI=1S/C25H30BrN3O6.C16H21N3O4.C9H10Br2O2/c1-32-18-9-16(10-19(12-18)33-2)14-28-7-5-25(6-8-28)23(30)29(24(31)27-25)15-17-11-20(34-3)13-21(35-4)22(17)26;1-22-12-7-11(8-13(9-12)23-2)10-19-5-3-16(4-6-19)14(20)17-15(21)18-16;1-12-7-3-6(5-10)9(11)8(4-7)13-2/h9-13H,5-8,14-15H2,1-4H3,(H,27,31);7-9H,3-6,10H2,1-2H3,(H2,17,18,20,21);3-4H,5H2,1-2H3. The Morgan fingerprint density at radius 2 is 0.887 bits per heavy atom. The number of urea groups is 2. The summed E-state index contributed by atoms with van der Waals surface area (Å²) in [5.74, 6) is 5.34. The third kappa shape index (κ3) is 13.1. The van der Waals surface area contributed by atoms with E-state index >= 15 is 0 Å². The van der Waals surface area contributed by atoms with Crippen LogP contribution in [0.2, 0.25) is 0 Å². The van der Waals surface area contributed by atoms with Crippen LogP contribution >= 0.6 is 47.8 Å². The summed E-state index contributed by atoms with van der Waals surface area (Å²) in [6.45, 7) is 4.41. The van der Waals surface area contributed by atoms with Gasteiger partial charge < -0.3 is 48.5 Å². The summed E-state index contributed by atoms with van der Waals surface area (Å²) >= 11 is 10.4. The fourth-order valence-electron chi connectivity index (χ4n) is 8.83. The van der Waals surface area contributed by atoms with Crippen LogP contribution in [0.1, 0.15) is 47.9 Å². The Labute approximate surface area is 439 Å². The Kier molecular flexibility index (Phi) is 19.1. The molecule has 0 aliphatic carbocycles. The second kappa shape index (κ2) is 24.8. The molecule has 4 saturated heterocycles. The molecule has 0 atom stereocenters. The maximum atomic E-state index is 13.5. The Balaban J connectivity index is 0.000000195. The molecule has 4 fully saturated rings. The second-order valence-electron chi connectivity index (χ2n) is 17.1. The zero-order valence-corrected chi connectivity index (χ0v) is 45.9. The lowest BCUT2D eigenvalue weighted by Crippen LogP contribution is -2.54. The van der Waals surface area contributed by atoms with E-state index in [-0.39, 0.29) is 30.4 Å². The van der Waals surface area contributed by atoms with E-state index in [1.165, 1.54) is 4.90 Å². The lowest BCUT2D eigenvalue weighted by molar-refractivity contribution is -0.133. The molecule has 384 valence electrons. The highest BCUT2D eigenvalue weighted by atomic mass is 79.9. The molecule has 4 aromatic rings. The molecular weight excluding hydrogens is 1120 g/mol. The van der Waals surface area contributed by atoms with Crippen molar-refractivity contribution in [3.05, 3.63) is 91.9 Å². The van der Waals surface area contributed by atoms with Crippen molar-refractivity contribution in [2.45, 2.75) is 61.7 Å². The van der Waals surface area contributed by atoms with E-state index in [1.54, 1.807) is 69.0 Å². The number of amides is 6. The molecule has 71 heavy (non-hydrogen) atoms. The van der Waals surface area contributed by atoms with E-state index in [4.69, 9.17) is 37.9 Å². The zero-order valence-electron chi connectivity index (χ0n) is 41.1. The van der Waals surface area contributed by atoms with E-state index in [9.17, 15) is 19.2 Å². The number of benzene rings is 4. The van der Waals surface area contributed by atoms with Gasteiger partial charge in [-0.05, 0) is 116 Å². The summed E-state index contributed by atoms with van der Waals surface area (Å²) in [4.78, 5) is 55.4. The highest BCUT2D eigenvalue weighted by Crippen LogP contribution is 2.38. The molecule has 0 unspecified atom stereocenters. The molecule has 18 nitrogen and oxygen atoms in total. The smallest absolute Gasteiger partial charge is 0.325 e. The number of methoxy groups -OCH3 is 8. The topological polar surface area (TPSA) is 188 Å². The number of rotatable bonds is 15. The molecule has 4 aromatic carbocycles. The molecule has 2 spiro atoms. The van der Waals surface area contributed by atoms with Gasteiger partial charge in [0.05, 0.1) is 72.4 Å². The third-order valence-corrected chi connectivity index (χ3v) is 15.3. The lowest BCUT2D eigenvalue weighted by Gasteiger charge is -2.37. The SMILES string of the molecule is COc1cc(CBr)c(Br)c(OC)c1.COc1cc(CN2CCC3(CC2)NC(=O)N(Cc2cc(OC)cc(OC)c2Br)C3=O)cc(OC)c1.COc1cc(CN2CCC3(CC2)NC(=O)NC3=O)cc(OC)c1. The first-order chi connectivity index (χ1) is 34.1. The first kappa shape index (κ1) is 54.8. The molecule has 0 aromatic heterocycles. The van der Waals surface area contributed by atoms with Crippen LogP contribution in [0.3, 0.4) is 0 Å². The summed E-state index contributed by atoms with van der Waals surface area (Å²) in [6, 6.07) is 18.2. The first-order valence-corrected chi connectivity index (χ1v) is 25.3. The van der Waals surface area contributed by atoms with Crippen LogP contribution in [-0.2, 0) is 34.6 Å². The number of hydrogen-bond donors (Lipinski definition) is 3. The summed E-state index contributed by atoms with van der Waals surface area (Å²) in [5.41, 5.74) is 2.39. The number of piperidine rings is 2. The van der Waals surface area contributed by atoms with Gasteiger partial charge in [-0.25, -0.2) is 9.59 Å². The highest BCUT2D eigenvalue weighted by Gasteiger charge is 2.52. The van der Waals surface area contributed by atoms with Crippen molar-refractivity contribution in [2.24, 2.45) is 0 Å². The predicted octanol–water partition coefficient (Wildman–Crippen LogP) is 7.81. The van der Waals surface area contributed by atoms with Crippen LogP contribution in [0.15, 0.2) is 69.6 Å². The van der Waals surface area contributed by atoms with Gasteiger partial charge in [0.15, 0.2) is 0 Å². The Bertz CT molecular complexity index is 2480. The molecule has 0 radical (unpaired) electrons. The normalized spacial score (nSPS) is 17.0. The minimum absolute atomic E-state index is 0.119. The van der Waals surface area contributed by atoms with Gasteiger partial charge in [-0.2, -0.15) is 0 Å². The number of likely N-dealkylation sites (tertiary alicyclic amines) is 2. The number of imide groups is 2. The monoisotopic (exact) mass is 1170 g/mol. The largest absolute Gasteiger partial charge is 0.497 e. The minimum atomic E-state index is -0.880. The fourth-order valence-corrected chi connectivity index (χ4v) is 10.7. The Morgan fingerprint density at radius 1 is 0.493 bits per heavy atom. The predicted molar refractivity (Wildman–Crippen MR) is 276 cm³/mol. The van der Waals surface area contributed by atoms with Crippen molar-refractivity contribution in [3.63, 3.8) is 0 Å². The number of carbonyl (C=O) groups is 4. The van der Waals surface area contributed by atoms with Crippen molar-refractivity contribution in [1.82, 2.24) is 30.7 Å². The molecule has 0 bridgehead atoms. The van der Waals surface area contributed by atoms with Gasteiger partial charge in [-0.3, -0.25) is 29.6 Å². The van der Waals surface area contributed by atoms with Crippen molar-refractivity contribution in [2.75, 3.05) is 83.1 Å². The van der Waals surface area contributed by atoms with Gasteiger partial charge in [0.2, 0.25) is 0 Å². The van der Waals surface area contributed by atoms with Gasteiger partial charge in [-0.15, -0.1) is 0 Å². The van der Waals surface area contributed by atoms with E-state index in [0.717, 1.165) is 86.2 Å². The summed E-state index contributed by atoms with van der Waals surface area (Å²) in [6.07, 6.45) is 2.31. The first-order valence-electron chi connectivity index (χ1n) is 22.6. The van der Waals surface area contributed by atoms with Gasteiger partial charge in [0.1, 0.15) is 57.1 Å². The van der Waals surface area contributed by atoms with E-state index in [2.05, 4.69) is 73.5 Å². The lowest BCUT2D eigenvalue weighted by atomic mass is 9.87. The maximum absolute atomic E-state index is 13.5. The number of alkyl halides is 1. The Morgan fingerprint density at radius 3 is 1.27 bits per heavy atom. The number of halogens is 3. The molecule has 0 saturated carbocycles. The van der Waals surface area contributed by atoms with Crippen LogP contribution in [0, 0.1) is 0 Å². The van der Waals surface area contributed by atoms with Gasteiger partial charge in [-0.1, -0.05) is 15.9 Å². The number of nitrogens with one attached hydrogen (secondary N) is 3. The quantitative estimate of drug-likeness (QED) is 0.0773. The third-order valence-electron chi connectivity index (χ3n) is 12.9. The van der Waals surface area contributed by atoms with E-state index < -0.39 is 11.1 Å². The highest BCUT2D eigenvalue weighted by molar-refractivity contribution is 9.11. The summed E-state index contributed by atoms with van der Waals surface area (Å²) in [5, 5.41) is 8.85. The molecule has 4 heterocycles. The Hall–Kier alpha value is -5.48. The van der Waals surface area contributed by atoms with Crippen LogP contribution < -0.4 is 53.8 Å². The molecule has 3 N–H and O–H groups in total. The molecule has 6 amide bonds. The van der Waals surface area contributed by atoms with Crippen LogP contribution in [0.25, 0.3) is 0 Å². The van der Waals surface area contributed by atoms with Crippen molar-refractivity contribution in [1.29, 1.82) is 0 Å². The van der Waals surface area contributed by atoms with Crippen molar-refractivity contribution < 1.29 is 57.1 Å². The number of hydrogen-bond acceptors (Lipinski definition) is 14. The van der Waals surface area contributed by atoms with E-state index in [0.29, 0.717) is 61.3 Å². The van der Waals surface area contributed by atoms with Gasteiger partial charge in [0.25, 0.3) is 11.8 Å².